The highest BCUT2D eigenvalue weighted by atomic mass is 35.7. The molecule has 0 aromatic rings. The summed E-state index contributed by atoms with van der Waals surface area (Å²) in [5.41, 5.74) is 0. The molecule has 0 spiro atoms. The van der Waals surface area contributed by atoms with Gasteiger partial charge in [-0.15, -0.1) is 0 Å². The Morgan fingerprint density at radius 1 is 1.62 bits per heavy atom. The molecule has 1 rings (SSSR count). The summed E-state index contributed by atoms with van der Waals surface area (Å²) in [5, 5.41) is 9.91. The minimum Gasteiger partial charge on any atom is -0.312 e. The molecule has 1 aliphatic heterocycles. The zero-order valence-electron chi connectivity index (χ0n) is 6.89. The second-order valence-corrected chi connectivity index (χ2v) is 5.21. The molecule has 74 valence electrons. The van der Waals surface area contributed by atoms with Gasteiger partial charge in [0.15, 0.2) is 0 Å². The van der Waals surface area contributed by atoms with Crippen LogP contribution in [0.5, 0.6) is 0 Å². The molecule has 0 aliphatic carbocycles. The van der Waals surface area contributed by atoms with Crippen LogP contribution < -0.4 is 0 Å². The first-order chi connectivity index (χ1) is 6.01. The van der Waals surface area contributed by atoms with Crippen LogP contribution in [-0.4, -0.2) is 23.0 Å². The van der Waals surface area contributed by atoms with E-state index in [9.17, 15) is 4.57 Å². The van der Waals surface area contributed by atoms with Gasteiger partial charge in [-0.1, -0.05) is 0 Å². The van der Waals surface area contributed by atoms with Gasteiger partial charge in [0.1, 0.15) is 0 Å². The minimum atomic E-state index is -3.95. The number of piperidine rings is 1. The van der Waals surface area contributed by atoms with Crippen LogP contribution >= 0.6 is 18.2 Å². The normalized spacial score (nSPS) is 25.0. The van der Waals surface area contributed by atoms with Gasteiger partial charge < -0.3 is 4.89 Å². The van der Waals surface area contributed by atoms with E-state index < -0.39 is 6.95 Å². The van der Waals surface area contributed by atoms with Gasteiger partial charge in [0.25, 0.3) is 0 Å². The topological polar surface area (TPSA) is 73.6 Å². The number of halogens is 1. The van der Waals surface area contributed by atoms with Gasteiger partial charge in [0, 0.05) is 30.2 Å². The van der Waals surface area contributed by atoms with Crippen molar-refractivity contribution in [1.82, 2.24) is 5.06 Å². The summed E-state index contributed by atoms with van der Waals surface area (Å²) in [6.07, 6.45) is 1.29. The van der Waals surface area contributed by atoms with E-state index in [1.807, 2.05) is 0 Å². The van der Waals surface area contributed by atoms with Gasteiger partial charge in [-0.3, -0.25) is 0 Å². The molecule has 1 aliphatic rings. The van der Waals surface area contributed by atoms with E-state index in [0.717, 1.165) is 0 Å². The third-order valence-corrected chi connectivity index (χ3v) is 2.47. The number of nitriles is 1. The molecule has 0 bridgehead atoms. The molecule has 0 radical (unpaired) electrons. The van der Waals surface area contributed by atoms with Gasteiger partial charge in [0.05, 0.1) is 6.07 Å². The molecule has 1 unspecified atom stereocenters. The van der Waals surface area contributed by atoms with Crippen LogP contribution in [0.1, 0.15) is 12.8 Å². The van der Waals surface area contributed by atoms with Crippen LogP contribution in [0.3, 0.4) is 0 Å². The molecule has 1 saturated heterocycles. The van der Waals surface area contributed by atoms with E-state index in [-0.39, 0.29) is 5.92 Å². The maximum atomic E-state index is 10.6. The highest BCUT2D eigenvalue weighted by Gasteiger charge is 2.25. The van der Waals surface area contributed by atoms with Gasteiger partial charge in [-0.05, 0) is 12.8 Å². The second kappa shape index (κ2) is 4.41. The lowest BCUT2D eigenvalue weighted by molar-refractivity contribution is -0.0811. The molecule has 0 amide bonds. The molecule has 0 aromatic carbocycles. The maximum absolute atomic E-state index is 10.6. The molecule has 5 nitrogen and oxygen atoms in total. The Hall–Kier alpha value is -0.110. The van der Waals surface area contributed by atoms with E-state index in [1.54, 1.807) is 0 Å². The summed E-state index contributed by atoms with van der Waals surface area (Å²) in [5.74, 6) is 0.0215. The lowest BCUT2D eigenvalue weighted by Crippen LogP contribution is -2.32. The van der Waals surface area contributed by atoms with Crippen LogP contribution in [0.25, 0.3) is 0 Å². The molecule has 7 heteroatoms. The fourth-order valence-electron chi connectivity index (χ4n) is 1.21. The Bertz CT molecular complexity index is 253. The van der Waals surface area contributed by atoms with Crippen LogP contribution in [0.15, 0.2) is 0 Å². The third-order valence-electron chi connectivity index (χ3n) is 1.85. The van der Waals surface area contributed by atoms with E-state index in [1.165, 1.54) is 5.06 Å². The van der Waals surface area contributed by atoms with Crippen molar-refractivity contribution in [2.45, 2.75) is 12.8 Å². The van der Waals surface area contributed by atoms with Crippen molar-refractivity contribution in [1.29, 1.82) is 5.26 Å². The third kappa shape index (κ3) is 4.08. The Kier molecular flexibility index (Phi) is 3.72. The largest absolute Gasteiger partial charge is 0.438 e. The van der Waals surface area contributed by atoms with Gasteiger partial charge in [-0.2, -0.15) is 10.3 Å². The summed E-state index contributed by atoms with van der Waals surface area (Å²) in [7, 11) is 0. The summed E-state index contributed by atoms with van der Waals surface area (Å²) < 4.78 is 15.2. The molecule has 1 fully saturated rings. The molecule has 1 heterocycles. The summed E-state index contributed by atoms with van der Waals surface area (Å²) in [6, 6.07) is 2.14. The van der Waals surface area contributed by atoms with Gasteiger partial charge in [0.2, 0.25) is 0 Å². The van der Waals surface area contributed by atoms with Crippen LogP contribution in [0.4, 0.5) is 0 Å². The lowest BCUT2D eigenvalue weighted by atomic mass is 10.0. The molecular formula is C6H10ClN2O3P. The zero-order valence-corrected chi connectivity index (χ0v) is 8.54. The quantitative estimate of drug-likeness (QED) is 0.720. The fourth-order valence-corrected chi connectivity index (χ4v) is 1.92. The first-order valence-corrected chi connectivity index (χ1v) is 6.36. The highest BCUT2D eigenvalue weighted by Crippen LogP contribution is 2.48. The number of hydroxylamine groups is 2. The number of rotatable bonds is 2. The van der Waals surface area contributed by atoms with Crippen LogP contribution in [0, 0.1) is 17.2 Å². The molecule has 0 saturated carbocycles. The van der Waals surface area contributed by atoms with Crippen molar-refractivity contribution in [3.8, 4) is 6.07 Å². The van der Waals surface area contributed by atoms with E-state index >= 15 is 0 Å². The number of hydrogen-bond acceptors (Lipinski definition) is 4. The number of nitrogens with zero attached hydrogens (tertiary/aromatic N) is 2. The molecule has 13 heavy (non-hydrogen) atoms. The zero-order chi connectivity index (χ0) is 9.90. The minimum absolute atomic E-state index is 0.0215. The van der Waals surface area contributed by atoms with Crippen molar-refractivity contribution in [3.05, 3.63) is 0 Å². The predicted molar refractivity (Wildman–Crippen MR) is 46.7 cm³/mol. The van der Waals surface area contributed by atoms with Gasteiger partial charge >= 0.3 is 6.95 Å². The summed E-state index contributed by atoms with van der Waals surface area (Å²) >= 11 is 5.02. The van der Waals surface area contributed by atoms with Crippen molar-refractivity contribution in [3.63, 3.8) is 0 Å². The molecular weight excluding hydrogens is 215 g/mol. The average Bonchev–Trinajstić information content (AvgIpc) is 2.03. The maximum Gasteiger partial charge on any atom is 0.438 e. The molecule has 0 aromatic heterocycles. The first kappa shape index (κ1) is 11.0. The SMILES string of the molecule is N#CC1CCN(OP(=O)(O)Cl)CC1. The molecule has 1 atom stereocenters. The van der Waals surface area contributed by atoms with Crippen LogP contribution in [0.2, 0.25) is 0 Å². The average molecular weight is 225 g/mol. The van der Waals surface area contributed by atoms with Crippen molar-refractivity contribution < 1.29 is 14.1 Å². The Morgan fingerprint density at radius 3 is 2.54 bits per heavy atom. The van der Waals surface area contributed by atoms with Crippen molar-refractivity contribution in [2.24, 2.45) is 5.92 Å². The van der Waals surface area contributed by atoms with Crippen LogP contribution in [-0.2, 0) is 9.19 Å². The first-order valence-electron chi connectivity index (χ1n) is 3.88. The lowest BCUT2D eigenvalue weighted by Gasteiger charge is -2.27. The summed E-state index contributed by atoms with van der Waals surface area (Å²) in [4.78, 5) is 8.69. The second-order valence-electron chi connectivity index (χ2n) is 2.87. The Labute approximate surface area is 81.1 Å². The predicted octanol–water partition coefficient (Wildman–Crippen LogP) is 1.49. The summed E-state index contributed by atoms with van der Waals surface area (Å²) in [6.45, 7) is -3.01. The fraction of sp³-hybridized carbons (Fsp3) is 0.833. The number of hydrogen-bond donors (Lipinski definition) is 1. The van der Waals surface area contributed by atoms with Gasteiger partial charge in [-0.25, -0.2) is 9.19 Å². The van der Waals surface area contributed by atoms with E-state index in [4.69, 9.17) is 21.4 Å². The van der Waals surface area contributed by atoms with Crippen molar-refractivity contribution in [2.75, 3.05) is 13.1 Å². The van der Waals surface area contributed by atoms with Crippen molar-refractivity contribution >= 4 is 18.2 Å². The highest BCUT2D eigenvalue weighted by molar-refractivity contribution is 7.80. The monoisotopic (exact) mass is 224 g/mol. The molecule has 1 N–H and O–H groups in total. The van der Waals surface area contributed by atoms with E-state index in [2.05, 4.69) is 10.7 Å². The Morgan fingerprint density at radius 2 is 2.15 bits per heavy atom. The smallest absolute Gasteiger partial charge is 0.312 e. The Balaban J connectivity index is 2.34. The van der Waals surface area contributed by atoms with E-state index in [0.29, 0.717) is 25.9 Å². The standard InChI is InChI=1S/C6H10ClN2O3P/c7-13(10,11)12-9-3-1-6(5-8)2-4-9/h6H,1-4H2,(H,10,11).